The SMILES string of the molecule is CCS(=O)(=O)N1CCCC(C(=O)Nc2ccc(F)cc2F)C1. The molecule has 1 aromatic carbocycles. The zero-order valence-corrected chi connectivity index (χ0v) is 13.0. The predicted molar refractivity (Wildman–Crippen MR) is 78.7 cm³/mol. The van der Waals surface area contributed by atoms with E-state index in [-0.39, 0.29) is 18.0 Å². The Labute approximate surface area is 128 Å². The summed E-state index contributed by atoms with van der Waals surface area (Å²) >= 11 is 0. The molecule has 1 heterocycles. The lowest BCUT2D eigenvalue weighted by Crippen LogP contribution is -2.44. The minimum atomic E-state index is -3.34. The minimum absolute atomic E-state index is 0.0199. The van der Waals surface area contributed by atoms with Crippen molar-refractivity contribution in [2.75, 3.05) is 24.2 Å². The van der Waals surface area contributed by atoms with Crippen LogP contribution in [0.1, 0.15) is 19.8 Å². The molecule has 8 heteroatoms. The second-order valence-electron chi connectivity index (χ2n) is 5.21. The molecule has 1 aliphatic heterocycles. The molecule has 1 amide bonds. The van der Waals surface area contributed by atoms with Crippen molar-refractivity contribution in [1.82, 2.24) is 4.31 Å². The number of amides is 1. The second kappa shape index (κ2) is 6.70. The number of halogens is 2. The maximum absolute atomic E-state index is 13.5. The first-order chi connectivity index (χ1) is 10.3. The zero-order chi connectivity index (χ0) is 16.3. The van der Waals surface area contributed by atoms with E-state index in [9.17, 15) is 22.0 Å². The number of carbonyl (C=O) groups is 1. The van der Waals surface area contributed by atoms with E-state index in [1.54, 1.807) is 6.92 Å². The average Bonchev–Trinajstić information content (AvgIpc) is 2.50. The molecule has 1 N–H and O–H groups in total. The molecule has 5 nitrogen and oxygen atoms in total. The number of rotatable bonds is 4. The molecule has 1 aromatic rings. The number of carbonyl (C=O) groups excluding carboxylic acids is 1. The molecule has 1 fully saturated rings. The van der Waals surface area contributed by atoms with Gasteiger partial charge in [-0.2, -0.15) is 0 Å². The van der Waals surface area contributed by atoms with Crippen LogP contribution < -0.4 is 5.32 Å². The van der Waals surface area contributed by atoms with Crippen LogP contribution in [-0.2, 0) is 14.8 Å². The van der Waals surface area contributed by atoms with Gasteiger partial charge in [0.2, 0.25) is 15.9 Å². The van der Waals surface area contributed by atoms with Gasteiger partial charge in [-0.1, -0.05) is 0 Å². The van der Waals surface area contributed by atoms with Crippen LogP contribution in [0.5, 0.6) is 0 Å². The number of sulfonamides is 1. The Balaban J connectivity index is 2.06. The number of piperidine rings is 1. The number of hydrogen-bond acceptors (Lipinski definition) is 3. The molecular formula is C14H18F2N2O3S. The first-order valence-electron chi connectivity index (χ1n) is 7.07. The highest BCUT2D eigenvalue weighted by molar-refractivity contribution is 7.89. The van der Waals surface area contributed by atoms with Crippen LogP contribution in [0.3, 0.4) is 0 Å². The third-order valence-electron chi connectivity index (χ3n) is 3.70. The summed E-state index contributed by atoms with van der Waals surface area (Å²) < 4.78 is 51.4. The van der Waals surface area contributed by atoms with E-state index < -0.39 is 33.5 Å². The summed E-state index contributed by atoms with van der Waals surface area (Å²) in [6.07, 6.45) is 1.10. The van der Waals surface area contributed by atoms with Crippen molar-refractivity contribution in [1.29, 1.82) is 0 Å². The van der Waals surface area contributed by atoms with E-state index in [0.29, 0.717) is 25.5 Å². The van der Waals surface area contributed by atoms with Gasteiger partial charge in [0, 0.05) is 19.2 Å². The third kappa shape index (κ3) is 3.80. The van der Waals surface area contributed by atoms with Crippen LogP contribution in [0.2, 0.25) is 0 Å². The average molecular weight is 332 g/mol. The Morgan fingerprint density at radius 3 is 2.77 bits per heavy atom. The first kappa shape index (κ1) is 16.8. The fraction of sp³-hybridized carbons (Fsp3) is 0.500. The number of hydrogen-bond donors (Lipinski definition) is 1. The number of anilines is 1. The van der Waals surface area contributed by atoms with Gasteiger partial charge in [0.05, 0.1) is 17.4 Å². The normalized spacial score (nSPS) is 19.9. The van der Waals surface area contributed by atoms with Crippen molar-refractivity contribution in [2.24, 2.45) is 5.92 Å². The van der Waals surface area contributed by atoms with Gasteiger partial charge < -0.3 is 5.32 Å². The van der Waals surface area contributed by atoms with E-state index in [4.69, 9.17) is 0 Å². The van der Waals surface area contributed by atoms with E-state index >= 15 is 0 Å². The van der Waals surface area contributed by atoms with Crippen molar-refractivity contribution in [3.05, 3.63) is 29.8 Å². The second-order valence-corrected chi connectivity index (χ2v) is 7.47. The van der Waals surface area contributed by atoms with Crippen LogP contribution in [0.4, 0.5) is 14.5 Å². The molecule has 0 radical (unpaired) electrons. The first-order valence-corrected chi connectivity index (χ1v) is 8.68. The van der Waals surface area contributed by atoms with Crippen molar-refractivity contribution < 1.29 is 22.0 Å². The maximum atomic E-state index is 13.5. The Morgan fingerprint density at radius 1 is 1.41 bits per heavy atom. The van der Waals surface area contributed by atoms with E-state index in [0.717, 1.165) is 12.1 Å². The predicted octanol–water partition coefficient (Wildman–Crippen LogP) is 1.96. The van der Waals surface area contributed by atoms with E-state index in [1.165, 1.54) is 4.31 Å². The van der Waals surface area contributed by atoms with Gasteiger partial charge in [-0.3, -0.25) is 4.79 Å². The Bertz CT molecular complexity index is 664. The molecule has 0 aromatic heterocycles. The lowest BCUT2D eigenvalue weighted by atomic mass is 9.98. The van der Waals surface area contributed by atoms with Crippen molar-refractivity contribution in [3.63, 3.8) is 0 Å². The maximum Gasteiger partial charge on any atom is 0.228 e. The summed E-state index contributed by atoms with van der Waals surface area (Å²) in [5, 5.41) is 2.40. The highest BCUT2D eigenvalue weighted by Gasteiger charge is 2.31. The number of nitrogens with one attached hydrogen (secondary N) is 1. The third-order valence-corrected chi connectivity index (χ3v) is 5.55. The summed E-state index contributed by atoms with van der Waals surface area (Å²) in [6.45, 7) is 2.03. The standard InChI is InChI=1S/C14H18F2N2O3S/c1-2-22(20,21)18-7-3-4-10(9-18)14(19)17-13-6-5-11(15)8-12(13)16/h5-6,8,10H,2-4,7,9H2,1H3,(H,17,19). The Hall–Kier alpha value is -1.54. The van der Waals surface area contributed by atoms with Crippen molar-refractivity contribution in [2.45, 2.75) is 19.8 Å². The summed E-state index contributed by atoms with van der Waals surface area (Å²) in [5.41, 5.74) is -0.109. The molecule has 1 saturated heterocycles. The Kier molecular flexibility index (Phi) is 5.12. The largest absolute Gasteiger partial charge is 0.323 e. The van der Waals surface area contributed by atoms with Gasteiger partial charge >= 0.3 is 0 Å². The van der Waals surface area contributed by atoms with Gasteiger partial charge in [-0.05, 0) is 31.9 Å². The molecule has 122 valence electrons. The molecule has 1 aliphatic rings. The zero-order valence-electron chi connectivity index (χ0n) is 12.2. The summed E-state index contributed by atoms with van der Waals surface area (Å²) in [6, 6.07) is 2.88. The number of nitrogens with zero attached hydrogens (tertiary/aromatic N) is 1. The lowest BCUT2D eigenvalue weighted by molar-refractivity contribution is -0.120. The van der Waals surface area contributed by atoms with Crippen LogP contribution in [0.15, 0.2) is 18.2 Å². The van der Waals surface area contributed by atoms with Gasteiger partial charge in [-0.25, -0.2) is 21.5 Å². The molecule has 22 heavy (non-hydrogen) atoms. The van der Waals surface area contributed by atoms with Crippen molar-refractivity contribution >= 4 is 21.6 Å². The quantitative estimate of drug-likeness (QED) is 0.917. The topological polar surface area (TPSA) is 66.5 Å². The van der Waals surface area contributed by atoms with Crippen LogP contribution >= 0.6 is 0 Å². The fourth-order valence-corrected chi connectivity index (χ4v) is 3.60. The number of benzene rings is 1. The monoisotopic (exact) mass is 332 g/mol. The molecule has 0 bridgehead atoms. The van der Waals surface area contributed by atoms with E-state index in [2.05, 4.69) is 5.32 Å². The highest BCUT2D eigenvalue weighted by Crippen LogP contribution is 2.22. The van der Waals surface area contributed by atoms with Gasteiger partial charge in [-0.15, -0.1) is 0 Å². The van der Waals surface area contributed by atoms with Gasteiger partial charge in [0.15, 0.2) is 0 Å². The van der Waals surface area contributed by atoms with Crippen LogP contribution in [0, 0.1) is 17.6 Å². The molecule has 0 spiro atoms. The highest BCUT2D eigenvalue weighted by atomic mass is 32.2. The molecule has 1 atom stereocenters. The molecular weight excluding hydrogens is 314 g/mol. The minimum Gasteiger partial charge on any atom is -0.323 e. The van der Waals surface area contributed by atoms with Crippen LogP contribution in [0.25, 0.3) is 0 Å². The summed E-state index contributed by atoms with van der Waals surface area (Å²) in [5.74, 6) is -2.61. The smallest absolute Gasteiger partial charge is 0.228 e. The Morgan fingerprint density at radius 2 is 2.14 bits per heavy atom. The van der Waals surface area contributed by atoms with E-state index in [1.807, 2.05) is 0 Å². The summed E-state index contributed by atoms with van der Waals surface area (Å²) in [7, 11) is -3.34. The van der Waals surface area contributed by atoms with Gasteiger partial charge in [0.1, 0.15) is 11.6 Å². The molecule has 0 aliphatic carbocycles. The molecule has 0 saturated carbocycles. The lowest BCUT2D eigenvalue weighted by Gasteiger charge is -2.30. The fourth-order valence-electron chi connectivity index (χ4n) is 2.42. The summed E-state index contributed by atoms with van der Waals surface area (Å²) in [4.78, 5) is 12.2. The molecule has 2 rings (SSSR count). The molecule has 1 unspecified atom stereocenters. The van der Waals surface area contributed by atoms with Gasteiger partial charge in [0.25, 0.3) is 0 Å². The van der Waals surface area contributed by atoms with Crippen molar-refractivity contribution in [3.8, 4) is 0 Å². The van der Waals surface area contributed by atoms with Crippen LogP contribution in [-0.4, -0.2) is 37.5 Å².